The zero-order chi connectivity index (χ0) is 14.6. The third kappa shape index (κ3) is 3.96. The molecule has 0 bridgehead atoms. The molecule has 0 unspecified atom stereocenters. The Morgan fingerprint density at radius 1 is 1.37 bits per heavy atom. The normalized spacial score (nSPS) is 11.3. The summed E-state index contributed by atoms with van der Waals surface area (Å²) in [5.41, 5.74) is 2.33. The molecule has 1 rings (SSSR count). The lowest BCUT2D eigenvalue weighted by molar-refractivity contribution is -0.136. The smallest absolute Gasteiger partial charge is 0.305 e. The molecule has 0 heterocycles. The Morgan fingerprint density at radius 3 is 2.47 bits per heavy atom. The molecule has 5 nitrogen and oxygen atoms in total. The first-order valence-corrected chi connectivity index (χ1v) is 7.90. The zero-order valence-corrected chi connectivity index (χ0v) is 12.2. The van der Waals surface area contributed by atoms with Crippen LogP contribution in [0.2, 0.25) is 0 Å². The molecule has 0 radical (unpaired) electrons. The van der Waals surface area contributed by atoms with Crippen molar-refractivity contribution in [2.45, 2.75) is 26.7 Å². The second-order valence-corrected chi connectivity index (χ2v) is 6.32. The lowest BCUT2D eigenvalue weighted by atomic mass is 10.1. The number of sulfonamides is 1. The minimum atomic E-state index is -3.50. The fourth-order valence-electron chi connectivity index (χ4n) is 2.00. The van der Waals surface area contributed by atoms with E-state index in [0.29, 0.717) is 12.1 Å². The van der Waals surface area contributed by atoms with Gasteiger partial charge in [0.2, 0.25) is 10.0 Å². The van der Waals surface area contributed by atoms with Gasteiger partial charge in [-0.3, -0.25) is 9.10 Å². The highest BCUT2D eigenvalue weighted by Gasteiger charge is 2.22. The summed E-state index contributed by atoms with van der Waals surface area (Å²) in [6, 6.07) is 5.56. The molecule has 0 aliphatic heterocycles. The van der Waals surface area contributed by atoms with Crippen LogP contribution in [0.5, 0.6) is 0 Å². The number of hydrogen-bond donors (Lipinski definition) is 1. The molecule has 0 saturated carbocycles. The lowest BCUT2D eigenvalue weighted by Gasteiger charge is -2.26. The van der Waals surface area contributed by atoms with Crippen LogP contribution in [0.1, 0.15) is 24.5 Å². The number of aliphatic carboxylic acids is 1. The predicted octanol–water partition coefficient (Wildman–Crippen LogP) is 1.80. The molecule has 0 saturated heterocycles. The van der Waals surface area contributed by atoms with E-state index in [9.17, 15) is 13.2 Å². The SMILES string of the molecule is CCc1cccc(C)c1N(CCC(=O)O)S(C)(=O)=O. The van der Waals surface area contributed by atoms with E-state index < -0.39 is 16.0 Å². The average Bonchev–Trinajstić information content (AvgIpc) is 2.29. The fraction of sp³-hybridized carbons (Fsp3) is 0.462. The van der Waals surface area contributed by atoms with E-state index in [1.165, 1.54) is 4.31 Å². The standard InChI is InChI=1S/C13H19NO4S/c1-4-11-7-5-6-10(2)13(11)14(19(3,17)18)9-8-12(15)16/h5-7H,4,8-9H2,1-3H3,(H,15,16). The van der Waals surface area contributed by atoms with Crippen LogP contribution in [0, 0.1) is 6.92 Å². The topological polar surface area (TPSA) is 74.7 Å². The highest BCUT2D eigenvalue weighted by Crippen LogP contribution is 2.27. The van der Waals surface area contributed by atoms with Gasteiger partial charge in [0.1, 0.15) is 0 Å². The maximum atomic E-state index is 11.9. The number of carbonyl (C=O) groups is 1. The molecule has 0 spiro atoms. The van der Waals surface area contributed by atoms with E-state index in [4.69, 9.17) is 5.11 Å². The molecule has 0 atom stereocenters. The van der Waals surface area contributed by atoms with Crippen molar-refractivity contribution in [3.05, 3.63) is 29.3 Å². The van der Waals surface area contributed by atoms with Gasteiger partial charge in [0.25, 0.3) is 0 Å². The number of rotatable bonds is 6. The second kappa shape index (κ2) is 6.06. The molecular weight excluding hydrogens is 266 g/mol. The van der Waals surface area contributed by atoms with Gasteiger partial charge in [-0.2, -0.15) is 0 Å². The number of carboxylic acid groups (broad SMARTS) is 1. The molecule has 1 aromatic carbocycles. The van der Waals surface area contributed by atoms with Crippen molar-refractivity contribution < 1.29 is 18.3 Å². The summed E-state index contributed by atoms with van der Waals surface area (Å²) < 4.78 is 25.0. The quantitative estimate of drug-likeness (QED) is 0.864. The Hall–Kier alpha value is -1.56. The van der Waals surface area contributed by atoms with Gasteiger partial charge in [-0.05, 0) is 24.5 Å². The van der Waals surface area contributed by atoms with Crippen LogP contribution in [-0.2, 0) is 21.2 Å². The van der Waals surface area contributed by atoms with Crippen LogP contribution < -0.4 is 4.31 Å². The molecule has 1 N–H and O–H groups in total. The van der Waals surface area contributed by atoms with Crippen LogP contribution in [0.25, 0.3) is 0 Å². The van der Waals surface area contributed by atoms with Gasteiger partial charge in [0, 0.05) is 6.54 Å². The molecule has 0 amide bonds. The third-order valence-corrected chi connectivity index (χ3v) is 4.05. The lowest BCUT2D eigenvalue weighted by Crippen LogP contribution is -2.33. The van der Waals surface area contributed by atoms with Crippen LogP contribution in [0.3, 0.4) is 0 Å². The largest absolute Gasteiger partial charge is 0.481 e. The Balaban J connectivity index is 3.29. The van der Waals surface area contributed by atoms with Gasteiger partial charge >= 0.3 is 5.97 Å². The number of nitrogens with zero attached hydrogens (tertiary/aromatic N) is 1. The zero-order valence-electron chi connectivity index (χ0n) is 11.4. The Morgan fingerprint density at radius 2 is 2.00 bits per heavy atom. The number of anilines is 1. The van der Waals surface area contributed by atoms with Crippen molar-refractivity contribution >= 4 is 21.7 Å². The summed E-state index contributed by atoms with van der Waals surface area (Å²) in [6.45, 7) is 3.72. The van der Waals surface area contributed by atoms with Crippen molar-refractivity contribution in [1.82, 2.24) is 0 Å². The molecule has 0 fully saturated rings. The maximum absolute atomic E-state index is 11.9. The first kappa shape index (κ1) is 15.5. The summed E-state index contributed by atoms with van der Waals surface area (Å²) in [5.74, 6) is -1.01. The second-order valence-electron chi connectivity index (χ2n) is 4.42. The summed E-state index contributed by atoms with van der Waals surface area (Å²) in [6.07, 6.45) is 1.57. The number of para-hydroxylation sites is 1. The van der Waals surface area contributed by atoms with Gasteiger partial charge in [-0.25, -0.2) is 8.42 Å². The van der Waals surface area contributed by atoms with Crippen molar-refractivity contribution in [2.24, 2.45) is 0 Å². The Labute approximate surface area is 113 Å². The van der Waals surface area contributed by atoms with Crippen LogP contribution >= 0.6 is 0 Å². The number of carboxylic acids is 1. The molecule has 0 aromatic heterocycles. The van der Waals surface area contributed by atoms with Gasteiger partial charge < -0.3 is 5.11 Å². The molecule has 19 heavy (non-hydrogen) atoms. The van der Waals surface area contributed by atoms with Gasteiger partial charge in [0.15, 0.2) is 0 Å². The first-order valence-electron chi connectivity index (χ1n) is 6.05. The van der Waals surface area contributed by atoms with Crippen molar-refractivity contribution in [3.8, 4) is 0 Å². The molecule has 1 aromatic rings. The van der Waals surface area contributed by atoms with E-state index in [1.54, 1.807) is 0 Å². The van der Waals surface area contributed by atoms with Crippen molar-refractivity contribution in [1.29, 1.82) is 0 Å². The van der Waals surface area contributed by atoms with Crippen molar-refractivity contribution in [2.75, 3.05) is 17.1 Å². The number of benzene rings is 1. The summed E-state index contributed by atoms with van der Waals surface area (Å²) >= 11 is 0. The summed E-state index contributed by atoms with van der Waals surface area (Å²) in [4.78, 5) is 10.7. The van der Waals surface area contributed by atoms with Crippen LogP contribution in [-0.4, -0.2) is 32.3 Å². The van der Waals surface area contributed by atoms with E-state index in [0.717, 1.165) is 17.4 Å². The summed E-state index contributed by atoms with van der Waals surface area (Å²) in [7, 11) is -3.50. The Bertz CT molecular complexity index is 566. The van der Waals surface area contributed by atoms with Crippen LogP contribution in [0.15, 0.2) is 18.2 Å². The summed E-state index contributed by atoms with van der Waals surface area (Å²) in [5, 5.41) is 8.75. The fourth-order valence-corrected chi connectivity index (χ4v) is 3.02. The first-order chi connectivity index (χ1) is 8.77. The number of hydrogen-bond acceptors (Lipinski definition) is 3. The maximum Gasteiger partial charge on any atom is 0.305 e. The molecule has 6 heteroatoms. The molecule has 106 valence electrons. The molecule has 0 aliphatic carbocycles. The molecule has 0 aliphatic rings. The van der Waals surface area contributed by atoms with E-state index in [2.05, 4.69) is 0 Å². The minimum absolute atomic E-state index is 0.0496. The van der Waals surface area contributed by atoms with Gasteiger partial charge in [0.05, 0.1) is 18.4 Å². The van der Waals surface area contributed by atoms with Crippen LogP contribution in [0.4, 0.5) is 5.69 Å². The predicted molar refractivity (Wildman–Crippen MR) is 75.0 cm³/mol. The number of aryl methyl sites for hydroxylation is 2. The Kier molecular flexibility index (Phi) is 4.94. The van der Waals surface area contributed by atoms with E-state index in [-0.39, 0.29) is 13.0 Å². The van der Waals surface area contributed by atoms with E-state index in [1.807, 2.05) is 32.0 Å². The molecular formula is C13H19NO4S. The minimum Gasteiger partial charge on any atom is -0.481 e. The average molecular weight is 285 g/mol. The van der Waals surface area contributed by atoms with E-state index >= 15 is 0 Å². The van der Waals surface area contributed by atoms with Gasteiger partial charge in [-0.1, -0.05) is 25.1 Å². The van der Waals surface area contributed by atoms with Gasteiger partial charge in [-0.15, -0.1) is 0 Å². The monoisotopic (exact) mass is 285 g/mol. The highest BCUT2D eigenvalue weighted by molar-refractivity contribution is 7.92. The third-order valence-electron chi connectivity index (χ3n) is 2.88. The highest BCUT2D eigenvalue weighted by atomic mass is 32.2. The van der Waals surface area contributed by atoms with Crippen molar-refractivity contribution in [3.63, 3.8) is 0 Å².